The standard InChI is InChI=1S/C24H34N4O3/c1-17(31-21-12-8-11-20(14-21)30-6)15-26-23(25-5)27-16-18-9-7-10-19(13-18)22(29)28-24(2,3)4/h7-14,17H,15-16H2,1-6H3,(H,28,29)(H2,25,26,27). The third-order valence-corrected chi connectivity index (χ3v) is 4.30. The van der Waals surface area contributed by atoms with E-state index in [1.54, 1.807) is 14.2 Å². The Morgan fingerprint density at radius 1 is 1.06 bits per heavy atom. The summed E-state index contributed by atoms with van der Waals surface area (Å²) < 4.78 is 11.1. The van der Waals surface area contributed by atoms with Crippen LogP contribution in [0.2, 0.25) is 0 Å². The predicted molar refractivity (Wildman–Crippen MR) is 125 cm³/mol. The van der Waals surface area contributed by atoms with Gasteiger partial charge in [0.1, 0.15) is 17.6 Å². The Hall–Kier alpha value is -3.22. The first-order valence-electron chi connectivity index (χ1n) is 10.4. The molecule has 0 aromatic heterocycles. The van der Waals surface area contributed by atoms with E-state index in [9.17, 15) is 4.79 Å². The van der Waals surface area contributed by atoms with Crippen molar-refractivity contribution < 1.29 is 14.3 Å². The molecule has 0 bridgehead atoms. The second kappa shape index (κ2) is 11.2. The maximum absolute atomic E-state index is 12.4. The molecule has 1 unspecified atom stereocenters. The molecule has 2 rings (SSSR count). The molecule has 0 saturated heterocycles. The highest BCUT2D eigenvalue weighted by Crippen LogP contribution is 2.19. The monoisotopic (exact) mass is 426 g/mol. The van der Waals surface area contributed by atoms with Crippen LogP contribution in [0.4, 0.5) is 0 Å². The summed E-state index contributed by atoms with van der Waals surface area (Å²) in [5, 5.41) is 9.51. The van der Waals surface area contributed by atoms with Gasteiger partial charge in [0, 0.05) is 30.8 Å². The highest BCUT2D eigenvalue weighted by Gasteiger charge is 2.15. The second-order valence-electron chi connectivity index (χ2n) is 8.32. The van der Waals surface area contributed by atoms with Gasteiger partial charge in [-0.2, -0.15) is 0 Å². The molecule has 0 aliphatic heterocycles. The van der Waals surface area contributed by atoms with Crippen molar-refractivity contribution in [2.24, 2.45) is 4.99 Å². The predicted octanol–water partition coefficient (Wildman–Crippen LogP) is 3.36. The summed E-state index contributed by atoms with van der Waals surface area (Å²) in [4.78, 5) is 16.6. The molecule has 0 aliphatic carbocycles. The zero-order valence-corrected chi connectivity index (χ0v) is 19.3. The first-order valence-corrected chi connectivity index (χ1v) is 10.4. The van der Waals surface area contributed by atoms with Crippen molar-refractivity contribution in [2.45, 2.75) is 45.9 Å². The van der Waals surface area contributed by atoms with Crippen LogP contribution in [0, 0.1) is 0 Å². The quantitative estimate of drug-likeness (QED) is 0.445. The third-order valence-electron chi connectivity index (χ3n) is 4.30. The van der Waals surface area contributed by atoms with Crippen LogP contribution in [-0.2, 0) is 6.54 Å². The normalized spacial score (nSPS) is 12.6. The third kappa shape index (κ3) is 8.58. The summed E-state index contributed by atoms with van der Waals surface area (Å²) in [6, 6.07) is 15.1. The SMILES string of the molecule is CN=C(NCc1cccc(C(=O)NC(C)(C)C)c1)NCC(C)Oc1cccc(OC)c1. The van der Waals surface area contributed by atoms with E-state index < -0.39 is 0 Å². The van der Waals surface area contributed by atoms with E-state index in [0.717, 1.165) is 17.1 Å². The maximum atomic E-state index is 12.4. The summed E-state index contributed by atoms with van der Waals surface area (Å²) in [7, 11) is 3.35. The maximum Gasteiger partial charge on any atom is 0.251 e. The average molecular weight is 427 g/mol. The van der Waals surface area contributed by atoms with Crippen molar-refractivity contribution in [3.8, 4) is 11.5 Å². The smallest absolute Gasteiger partial charge is 0.251 e. The van der Waals surface area contributed by atoms with Gasteiger partial charge in [0.15, 0.2) is 5.96 Å². The molecule has 0 fully saturated rings. The topological polar surface area (TPSA) is 84.0 Å². The van der Waals surface area contributed by atoms with E-state index >= 15 is 0 Å². The summed E-state index contributed by atoms with van der Waals surface area (Å²) in [6.07, 6.45) is -0.0740. The molecule has 1 atom stereocenters. The lowest BCUT2D eigenvalue weighted by molar-refractivity contribution is 0.0919. The average Bonchev–Trinajstić information content (AvgIpc) is 2.73. The second-order valence-corrected chi connectivity index (χ2v) is 8.32. The first kappa shape index (κ1) is 24.1. The number of carbonyl (C=O) groups is 1. The molecule has 0 radical (unpaired) electrons. The van der Waals surface area contributed by atoms with Crippen molar-refractivity contribution in [3.05, 3.63) is 59.7 Å². The lowest BCUT2D eigenvalue weighted by atomic mass is 10.1. The van der Waals surface area contributed by atoms with Crippen molar-refractivity contribution in [1.29, 1.82) is 0 Å². The number of carbonyl (C=O) groups excluding carboxylic acids is 1. The van der Waals surface area contributed by atoms with Gasteiger partial charge in [-0.1, -0.05) is 18.2 Å². The van der Waals surface area contributed by atoms with Crippen LogP contribution >= 0.6 is 0 Å². The molecule has 31 heavy (non-hydrogen) atoms. The zero-order chi connectivity index (χ0) is 22.9. The largest absolute Gasteiger partial charge is 0.497 e. The lowest BCUT2D eigenvalue weighted by Gasteiger charge is -2.21. The van der Waals surface area contributed by atoms with E-state index in [0.29, 0.717) is 24.6 Å². The van der Waals surface area contributed by atoms with Crippen LogP contribution in [0.15, 0.2) is 53.5 Å². The Morgan fingerprint density at radius 2 is 1.77 bits per heavy atom. The Morgan fingerprint density at radius 3 is 2.45 bits per heavy atom. The van der Waals surface area contributed by atoms with Crippen LogP contribution in [0.25, 0.3) is 0 Å². The molecule has 1 amide bonds. The van der Waals surface area contributed by atoms with Crippen LogP contribution in [0.1, 0.15) is 43.6 Å². The van der Waals surface area contributed by atoms with E-state index in [1.165, 1.54) is 0 Å². The molecule has 0 saturated carbocycles. The molecule has 7 heteroatoms. The minimum atomic E-state index is -0.277. The molecule has 7 nitrogen and oxygen atoms in total. The lowest BCUT2D eigenvalue weighted by Crippen LogP contribution is -2.41. The van der Waals surface area contributed by atoms with E-state index in [1.807, 2.05) is 76.2 Å². The summed E-state index contributed by atoms with van der Waals surface area (Å²) in [5.41, 5.74) is 1.35. The minimum absolute atomic E-state index is 0.0740. The van der Waals surface area contributed by atoms with E-state index in [4.69, 9.17) is 9.47 Å². The number of methoxy groups -OCH3 is 1. The number of hydrogen-bond donors (Lipinski definition) is 3. The molecule has 0 heterocycles. The summed E-state index contributed by atoms with van der Waals surface area (Å²) in [6.45, 7) is 8.99. The Bertz CT molecular complexity index is 890. The van der Waals surface area contributed by atoms with Gasteiger partial charge in [0.05, 0.1) is 13.7 Å². The number of aliphatic imine (C=N–C) groups is 1. The fourth-order valence-electron chi connectivity index (χ4n) is 2.83. The van der Waals surface area contributed by atoms with Gasteiger partial charge < -0.3 is 25.4 Å². The first-order chi connectivity index (χ1) is 14.7. The Kier molecular flexibility index (Phi) is 8.73. The van der Waals surface area contributed by atoms with Crippen molar-refractivity contribution in [1.82, 2.24) is 16.0 Å². The minimum Gasteiger partial charge on any atom is -0.497 e. The molecule has 2 aromatic rings. The molecule has 0 spiro atoms. The summed E-state index contributed by atoms with van der Waals surface area (Å²) >= 11 is 0. The molecular weight excluding hydrogens is 392 g/mol. The number of hydrogen-bond acceptors (Lipinski definition) is 4. The number of nitrogens with one attached hydrogen (secondary N) is 3. The van der Waals surface area contributed by atoms with Gasteiger partial charge in [-0.05, 0) is 57.5 Å². The Labute approximate surface area is 185 Å². The van der Waals surface area contributed by atoms with Crippen LogP contribution in [-0.4, -0.2) is 44.2 Å². The Balaban J connectivity index is 1.85. The fraction of sp³-hybridized carbons (Fsp3) is 0.417. The van der Waals surface area contributed by atoms with Crippen LogP contribution in [0.5, 0.6) is 11.5 Å². The molecule has 0 aliphatic rings. The van der Waals surface area contributed by atoms with Crippen molar-refractivity contribution in [2.75, 3.05) is 20.7 Å². The number of nitrogens with zero attached hydrogens (tertiary/aromatic N) is 1. The van der Waals surface area contributed by atoms with Gasteiger partial charge in [-0.3, -0.25) is 9.79 Å². The van der Waals surface area contributed by atoms with Gasteiger partial charge >= 0.3 is 0 Å². The zero-order valence-electron chi connectivity index (χ0n) is 19.3. The van der Waals surface area contributed by atoms with Gasteiger partial charge in [-0.25, -0.2) is 0 Å². The molecule has 168 valence electrons. The number of rotatable bonds is 8. The van der Waals surface area contributed by atoms with Gasteiger partial charge in [0.25, 0.3) is 5.91 Å². The highest BCUT2D eigenvalue weighted by atomic mass is 16.5. The van der Waals surface area contributed by atoms with Gasteiger partial charge in [0.2, 0.25) is 0 Å². The highest BCUT2D eigenvalue weighted by molar-refractivity contribution is 5.94. The van der Waals surface area contributed by atoms with E-state index in [-0.39, 0.29) is 17.6 Å². The number of amides is 1. The molecular formula is C24H34N4O3. The van der Waals surface area contributed by atoms with Crippen LogP contribution in [0.3, 0.4) is 0 Å². The number of benzene rings is 2. The van der Waals surface area contributed by atoms with Crippen LogP contribution < -0.4 is 25.4 Å². The van der Waals surface area contributed by atoms with Crippen molar-refractivity contribution in [3.63, 3.8) is 0 Å². The molecule has 2 aromatic carbocycles. The van der Waals surface area contributed by atoms with Crippen molar-refractivity contribution >= 4 is 11.9 Å². The number of ether oxygens (including phenoxy) is 2. The molecule has 3 N–H and O–H groups in total. The fourth-order valence-corrected chi connectivity index (χ4v) is 2.83. The summed E-state index contributed by atoms with van der Waals surface area (Å²) in [5.74, 6) is 2.08. The van der Waals surface area contributed by atoms with Gasteiger partial charge in [-0.15, -0.1) is 0 Å². The number of guanidine groups is 1. The van der Waals surface area contributed by atoms with E-state index in [2.05, 4.69) is 20.9 Å².